The van der Waals surface area contributed by atoms with Crippen LogP contribution in [0.25, 0.3) is 0 Å². The minimum Gasteiger partial charge on any atom is -0.416 e. The smallest absolute Gasteiger partial charge is 0.261 e. The van der Waals surface area contributed by atoms with E-state index in [0.717, 1.165) is 19.3 Å². The molecular weight excluding hydrogens is 330 g/mol. The van der Waals surface area contributed by atoms with Crippen molar-refractivity contribution < 1.29 is 14.0 Å². The van der Waals surface area contributed by atoms with Crippen molar-refractivity contribution in [2.75, 3.05) is 6.61 Å². The molecule has 1 saturated carbocycles. The van der Waals surface area contributed by atoms with Crippen LogP contribution in [0.1, 0.15) is 60.7 Å². The first kappa shape index (κ1) is 18.3. The Morgan fingerprint density at radius 3 is 2.16 bits per heavy atom. The first-order valence-electron chi connectivity index (χ1n) is 9.24. The predicted octanol–water partition coefficient (Wildman–Crippen LogP) is 4.47. The van der Waals surface area contributed by atoms with Gasteiger partial charge in [0.2, 0.25) is 0 Å². The summed E-state index contributed by atoms with van der Waals surface area (Å²) >= 11 is 0. The zero-order valence-electron chi connectivity index (χ0n) is 16.0. The molecule has 0 N–H and O–H groups in total. The highest BCUT2D eigenvalue weighted by Crippen LogP contribution is 2.39. The van der Waals surface area contributed by atoms with Gasteiger partial charge in [-0.15, -0.1) is 0 Å². The van der Waals surface area contributed by atoms with Gasteiger partial charge >= 0.3 is 0 Å². The first-order chi connectivity index (χ1) is 11.6. The number of fused-ring (bicyclic) bond motifs is 1. The molecule has 136 valence electrons. The zero-order chi connectivity index (χ0) is 18.4. The molecule has 1 fully saturated rings. The zero-order valence-corrected chi connectivity index (χ0v) is 17.0. The molecule has 2 amide bonds. The van der Waals surface area contributed by atoms with Crippen LogP contribution in [0, 0.1) is 5.92 Å². The number of hydrogen-bond acceptors (Lipinski definition) is 3. The van der Waals surface area contributed by atoms with Crippen LogP contribution in [0.15, 0.2) is 24.3 Å². The van der Waals surface area contributed by atoms with Crippen LogP contribution in [0.4, 0.5) is 0 Å². The average molecular weight is 360 g/mol. The molecule has 3 rings (SSSR count). The molecule has 0 bridgehead atoms. The van der Waals surface area contributed by atoms with Gasteiger partial charge in [-0.3, -0.25) is 14.5 Å². The third kappa shape index (κ3) is 3.20. The molecular formula is C20H29NO3Si. The summed E-state index contributed by atoms with van der Waals surface area (Å²) in [5, 5.41) is 0.163. The van der Waals surface area contributed by atoms with E-state index in [0.29, 0.717) is 17.7 Å². The van der Waals surface area contributed by atoms with Crippen LogP contribution in [-0.4, -0.2) is 37.7 Å². The van der Waals surface area contributed by atoms with Gasteiger partial charge in [0.1, 0.15) is 0 Å². The summed E-state index contributed by atoms with van der Waals surface area (Å²) in [7, 11) is -1.83. The molecule has 0 spiro atoms. The van der Waals surface area contributed by atoms with Crippen molar-refractivity contribution in [2.24, 2.45) is 5.92 Å². The van der Waals surface area contributed by atoms with E-state index in [1.807, 2.05) is 12.1 Å². The number of nitrogens with zero attached hydrogens (tertiary/aromatic N) is 1. The van der Waals surface area contributed by atoms with Crippen molar-refractivity contribution in [3.63, 3.8) is 0 Å². The highest BCUT2D eigenvalue weighted by Gasteiger charge is 2.45. The second-order valence-corrected chi connectivity index (χ2v) is 13.7. The van der Waals surface area contributed by atoms with Gasteiger partial charge in [-0.25, -0.2) is 0 Å². The second-order valence-electron chi connectivity index (χ2n) is 8.86. The topological polar surface area (TPSA) is 46.6 Å². The van der Waals surface area contributed by atoms with E-state index >= 15 is 0 Å². The lowest BCUT2D eigenvalue weighted by atomic mass is 10.0. The molecule has 1 aliphatic carbocycles. The maximum absolute atomic E-state index is 12.8. The Hall–Kier alpha value is -1.46. The lowest BCUT2D eigenvalue weighted by Gasteiger charge is -2.38. The number of hydrogen-bond donors (Lipinski definition) is 0. The number of amides is 2. The van der Waals surface area contributed by atoms with E-state index in [9.17, 15) is 9.59 Å². The van der Waals surface area contributed by atoms with E-state index in [4.69, 9.17) is 4.43 Å². The largest absolute Gasteiger partial charge is 0.416 e. The Labute approximate surface area is 151 Å². The van der Waals surface area contributed by atoms with E-state index in [1.165, 1.54) is 4.90 Å². The molecule has 25 heavy (non-hydrogen) atoms. The molecule has 2 aliphatic rings. The van der Waals surface area contributed by atoms with Crippen molar-refractivity contribution in [1.29, 1.82) is 0 Å². The normalized spacial score (nSPS) is 24.1. The molecule has 2 atom stereocenters. The van der Waals surface area contributed by atoms with E-state index < -0.39 is 8.32 Å². The summed E-state index contributed by atoms with van der Waals surface area (Å²) in [6.07, 6.45) is 2.95. The van der Waals surface area contributed by atoms with Crippen molar-refractivity contribution >= 4 is 20.1 Å². The van der Waals surface area contributed by atoms with Gasteiger partial charge in [0.25, 0.3) is 11.8 Å². The Morgan fingerprint density at radius 1 is 1.08 bits per heavy atom. The van der Waals surface area contributed by atoms with Gasteiger partial charge in [0.15, 0.2) is 8.32 Å². The fourth-order valence-electron chi connectivity index (χ4n) is 3.59. The fourth-order valence-corrected chi connectivity index (χ4v) is 4.66. The Balaban J connectivity index is 1.75. The minimum atomic E-state index is -1.83. The quantitative estimate of drug-likeness (QED) is 0.588. The van der Waals surface area contributed by atoms with Gasteiger partial charge in [-0.1, -0.05) is 39.3 Å². The van der Waals surface area contributed by atoms with Crippen LogP contribution in [-0.2, 0) is 4.43 Å². The van der Waals surface area contributed by atoms with Crippen molar-refractivity contribution in [3.8, 4) is 0 Å². The van der Waals surface area contributed by atoms with Crippen LogP contribution in [0.3, 0.4) is 0 Å². The van der Waals surface area contributed by atoms with Crippen LogP contribution in [0.5, 0.6) is 0 Å². The molecule has 5 heteroatoms. The Morgan fingerprint density at radius 2 is 1.64 bits per heavy atom. The summed E-state index contributed by atoms with van der Waals surface area (Å²) in [5.74, 6) is -0.0222. The number of rotatable bonds is 4. The minimum absolute atomic E-state index is 0.0304. The summed E-state index contributed by atoms with van der Waals surface area (Å²) < 4.78 is 6.40. The second kappa shape index (κ2) is 6.36. The van der Waals surface area contributed by atoms with Gasteiger partial charge in [0, 0.05) is 18.6 Å². The summed E-state index contributed by atoms with van der Waals surface area (Å²) in [4.78, 5) is 27.1. The maximum Gasteiger partial charge on any atom is 0.261 e. The standard InChI is InChI=1S/C20H29NO3Si/c1-20(2,3)25(4,5)24-13-14-9-8-12-17(14)21-18(22)15-10-6-7-11-16(15)19(21)23/h6-7,10-11,14,17H,8-9,12-13H2,1-5H3/t14-,17-/m0/s1. The van der Waals surface area contributed by atoms with E-state index in [2.05, 4.69) is 33.9 Å². The number of imide groups is 1. The molecule has 1 aromatic rings. The van der Waals surface area contributed by atoms with Gasteiger partial charge in [-0.05, 0) is 43.1 Å². The fraction of sp³-hybridized carbons (Fsp3) is 0.600. The first-order valence-corrected chi connectivity index (χ1v) is 12.2. The lowest BCUT2D eigenvalue weighted by molar-refractivity contribution is 0.0517. The molecule has 1 aromatic carbocycles. The molecule has 1 aliphatic heterocycles. The van der Waals surface area contributed by atoms with Crippen LogP contribution >= 0.6 is 0 Å². The highest BCUT2D eigenvalue weighted by atomic mass is 28.4. The third-order valence-corrected chi connectivity index (χ3v) is 10.7. The van der Waals surface area contributed by atoms with Gasteiger partial charge in [0.05, 0.1) is 11.1 Å². The van der Waals surface area contributed by atoms with Crippen LogP contribution < -0.4 is 0 Å². The molecule has 0 radical (unpaired) electrons. The van der Waals surface area contributed by atoms with E-state index in [-0.39, 0.29) is 28.8 Å². The van der Waals surface area contributed by atoms with Gasteiger partial charge in [-0.2, -0.15) is 0 Å². The number of carbonyl (C=O) groups excluding carboxylic acids is 2. The van der Waals surface area contributed by atoms with Crippen molar-refractivity contribution in [1.82, 2.24) is 4.90 Å². The number of carbonyl (C=O) groups is 2. The van der Waals surface area contributed by atoms with Crippen molar-refractivity contribution in [3.05, 3.63) is 35.4 Å². The molecule has 0 unspecified atom stereocenters. The summed E-state index contributed by atoms with van der Waals surface area (Å²) in [6.45, 7) is 11.8. The molecule has 1 heterocycles. The monoisotopic (exact) mass is 359 g/mol. The third-order valence-electron chi connectivity index (χ3n) is 6.24. The number of benzene rings is 1. The summed E-state index contributed by atoms with van der Waals surface area (Å²) in [6, 6.07) is 7.12. The lowest BCUT2D eigenvalue weighted by Crippen LogP contribution is -2.46. The molecule has 4 nitrogen and oxygen atoms in total. The average Bonchev–Trinajstić information content (AvgIpc) is 3.08. The van der Waals surface area contributed by atoms with Gasteiger partial charge < -0.3 is 4.43 Å². The SMILES string of the molecule is CC(C)(C)[Si](C)(C)OC[C@@H]1CCC[C@@H]1N1C(=O)c2ccccc2C1=O. The predicted molar refractivity (Wildman–Crippen MR) is 101 cm³/mol. The molecule has 0 aromatic heterocycles. The summed E-state index contributed by atoms with van der Waals surface area (Å²) in [5.41, 5.74) is 1.09. The Bertz CT molecular complexity index is 657. The van der Waals surface area contributed by atoms with Crippen molar-refractivity contribution in [2.45, 2.75) is 64.2 Å². The highest BCUT2D eigenvalue weighted by molar-refractivity contribution is 6.74. The van der Waals surface area contributed by atoms with E-state index in [1.54, 1.807) is 12.1 Å². The maximum atomic E-state index is 12.8. The molecule has 0 saturated heterocycles. The Kier molecular flexibility index (Phi) is 4.66. The van der Waals surface area contributed by atoms with Crippen LogP contribution in [0.2, 0.25) is 18.1 Å².